The van der Waals surface area contributed by atoms with Gasteiger partial charge in [0.2, 0.25) is 0 Å². The van der Waals surface area contributed by atoms with Gasteiger partial charge in [0.05, 0.1) is 11.1 Å². The van der Waals surface area contributed by atoms with E-state index >= 15 is 0 Å². The third kappa shape index (κ3) is 3.20. The van der Waals surface area contributed by atoms with Gasteiger partial charge in [0.1, 0.15) is 12.4 Å². The molecule has 0 spiro atoms. The van der Waals surface area contributed by atoms with Crippen LogP contribution in [0.3, 0.4) is 0 Å². The zero-order chi connectivity index (χ0) is 15.4. The molecule has 0 bridgehead atoms. The molecule has 0 unspecified atom stereocenters. The molecule has 0 aromatic heterocycles. The van der Waals surface area contributed by atoms with E-state index in [0.717, 1.165) is 27.8 Å². The number of hydrogen-bond donors (Lipinski definition) is 0. The van der Waals surface area contributed by atoms with Crippen molar-refractivity contribution in [3.63, 3.8) is 0 Å². The summed E-state index contributed by atoms with van der Waals surface area (Å²) < 4.78 is 23.1. The molecule has 22 heavy (non-hydrogen) atoms. The molecule has 5 heteroatoms. The normalized spacial score (nSPS) is 12.6. The average Bonchev–Trinajstić information content (AvgIpc) is 3.02. The van der Waals surface area contributed by atoms with Crippen LogP contribution in [-0.4, -0.2) is 20.5 Å². The zero-order valence-electron chi connectivity index (χ0n) is 12.3. The van der Waals surface area contributed by atoms with Gasteiger partial charge in [-0.25, -0.2) is 0 Å². The Morgan fingerprint density at radius 1 is 1.18 bits per heavy atom. The number of hydrogen-bond acceptors (Lipinski definition) is 4. The molecule has 3 rings (SSSR count). The van der Waals surface area contributed by atoms with Gasteiger partial charge in [0, 0.05) is 25.2 Å². The van der Waals surface area contributed by atoms with Gasteiger partial charge in [-0.15, -0.1) is 0 Å². The van der Waals surface area contributed by atoms with Crippen LogP contribution in [0, 0.1) is 0 Å². The van der Waals surface area contributed by atoms with Crippen LogP contribution in [0.2, 0.25) is 0 Å². The highest BCUT2D eigenvalue weighted by Crippen LogP contribution is 2.45. The van der Waals surface area contributed by atoms with Crippen LogP contribution in [0.5, 0.6) is 17.2 Å². The summed E-state index contributed by atoms with van der Waals surface area (Å²) in [7, 11) is 1.59. The lowest BCUT2D eigenvalue weighted by atomic mass is 10.1. The lowest BCUT2D eigenvalue weighted by Crippen LogP contribution is -2.04. The van der Waals surface area contributed by atoms with Crippen LogP contribution < -0.4 is 14.2 Å². The van der Waals surface area contributed by atoms with Crippen molar-refractivity contribution in [2.45, 2.75) is 13.0 Å². The van der Waals surface area contributed by atoms with E-state index in [-0.39, 0.29) is 6.79 Å². The Labute approximate surface area is 138 Å². The molecular formula is C17H17BrO4. The van der Waals surface area contributed by atoms with E-state index in [4.69, 9.17) is 18.9 Å². The first kappa shape index (κ1) is 15.2. The number of fused-ring (bicyclic) bond motifs is 1. The Kier molecular flexibility index (Phi) is 4.85. The van der Waals surface area contributed by atoms with Crippen molar-refractivity contribution in [2.24, 2.45) is 0 Å². The van der Waals surface area contributed by atoms with E-state index < -0.39 is 0 Å². The van der Waals surface area contributed by atoms with E-state index in [1.54, 1.807) is 7.11 Å². The first-order chi connectivity index (χ1) is 10.8. The minimum atomic E-state index is 0.167. The second-order valence-corrected chi connectivity index (χ2v) is 5.71. The van der Waals surface area contributed by atoms with Crippen molar-refractivity contribution in [2.75, 3.05) is 20.5 Å². The summed E-state index contributed by atoms with van der Waals surface area (Å²) in [4.78, 5) is 0. The molecule has 1 aliphatic heterocycles. The van der Waals surface area contributed by atoms with Gasteiger partial charge in [-0.2, -0.15) is 0 Å². The monoisotopic (exact) mass is 364 g/mol. The molecule has 116 valence electrons. The van der Waals surface area contributed by atoms with Crippen LogP contribution in [0.4, 0.5) is 0 Å². The van der Waals surface area contributed by atoms with E-state index in [9.17, 15) is 0 Å². The van der Waals surface area contributed by atoms with Crippen LogP contribution >= 0.6 is 15.9 Å². The lowest BCUT2D eigenvalue weighted by Gasteiger charge is -2.16. The highest BCUT2D eigenvalue weighted by atomic mass is 79.9. The van der Waals surface area contributed by atoms with Crippen LogP contribution in [0.15, 0.2) is 40.9 Å². The standard InChI is InChI=1S/C17H17BrO4/c1-19-11-22-17-15(21-10-12-5-3-2-4-6-12)9-14-13(16(17)18)7-8-20-14/h2-6,9H,7-8,10-11H2,1H3. The van der Waals surface area contributed by atoms with Gasteiger partial charge in [-0.1, -0.05) is 30.3 Å². The molecule has 2 aromatic rings. The molecule has 0 amide bonds. The second kappa shape index (κ2) is 7.03. The summed E-state index contributed by atoms with van der Waals surface area (Å²) in [6.07, 6.45) is 0.859. The Morgan fingerprint density at radius 2 is 2.00 bits per heavy atom. The maximum absolute atomic E-state index is 5.94. The van der Waals surface area contributed by atoms with Crippen molar-refractivity contribution in [1.29, 1.82) is 0 Å². The summed E-state index contributed by atoms with van der Waals surface area (Å²) in [5.74, 6) is 2.15. The van der Waals surface area contributed by atoms with Gasteiger partial charge in [0.15, 0.2) is 18.3 Å². The molecule has 0 saturated carbocycles. The Hall–Kier alpha value is -1.72. The quantitative estimate of drug-likeness (QED) is 0.727. The molecule has 0 N–H and O–H groups in total. The van der Waals surface area contributed by atoms with Crippen molar-refractivity contribution >= 4 is 15.9 Å². The smallest absolute Gasteiger partial charge is 0.188 e. The summed E-state index contributed by atoms with van der Waals surface area (Å²) in [6, 6.07) is 11.9. The van der Waals surface area contributed by atoms with Gasteiger partial charge in [-0.3, -0.25) is 0 Å². The molecule has 0 aliphatic carbocycles. The minimum absolute atomic E-state index is 0.167. The summed E-state index contributed by atoms with van der Waals surface area (Å²) in [5.41, 5.74) is 2.20. The number of rotatable bonds is 6. The molecule has 0 radical (unpaired) electrons. The SMILES string of the molecule is COCOc1c(OCc2ccccc2)cc2c(c1Br)CCO2. The van der Waals surface area contributed by atoms with Crippen LogP contribution in [0.25, 0.3) is 0 Å². The predicted molar refractivity (Wildman–Crippen MR) is 86.6 cm³/mol. The Balaban J connectivity index is 1.86. The van der Waals surface area contributed by atoms with Crippen molar-refractivity contribution in [1.82, 2.24) is 0 Å². The fourth-order valence-corrected chi connectivity index (χ4v) is 3.05. The maximum atomic E-state index is 5.94. The molecule has 2 aromatic carbocycles. The largest absolute Gasteiger partial charge is 0.493 e. The first-order valence-electron chi connectivity index (χ1n) is 7.06. The minimum Gasteiger partial charge on any atom is -0.493 e. The van der Waals surface area contributed by atoms with Crippen molar-refractivity contribution in [3.05, 3.63) is 52.0 Å². The van der Waals surface area contributed by atoms with Crippen molar-refractivity contribution < 1.29 is 18.9 Å². The van der Waals surface area contributed by atoms with E-state index in [2.05, 4.69) is 15.9 Å². The molecule has 0 saturated heterocycles. The molecule has 4 nitrogen and oxygen atoms in total. The fourth-order valence-electron chi connectivity index (χ4n) is 2.34. The number of benzene rings is 2. The molecule has 1 heterocycles. The van der Waals surface area contributed by atoms with E-state index in [0.29, 0.717) is 24.7 Å². The third-order valence-corrected chi connectivity index (χ3v) is 4.25. The highest BCUT2D eigenvalue weighted by molar-refractivity contribution is 9.10. The third-order valence-electron chi connectivity index (χ3n) is 3.42. The van der Waals surface area contributed by atoms with Crippen LogP contribution in [-0.2, 0) is 17.8 Å². The average molecular weight is 365 g/mol. The fraction of sp³-hybridized carbons (Fsp3) is 0.294. The topological polar surface area (TPSA) is 36.9 Å². The van der Waals surface area contributed by atoms with Crippen LogP contribution in [0.1, 0.15) is 11.1 Å². The predicted octanol–water partition coefficient (Wildman–Crippen LogP) is 3.95. The molecular weight excluding hydrogens is 348 g/mol. The van der Waals surface area contributed by atoms with Gasteiger partial charge >= 0.3 is 0 Å². The number of ether oxygens (including phenoxy) is 4. The van der Waals surface area contributed by atoms with Gasteiger partial charge in [-0.05, 0) is 21.5 Å². The molecule has 1 aliphatic rings. The van der Waals surface area contributed by atoms with Gasteiger partial charge in [0.25, 0.3) is 0 Å². The number of halogens is 1. The van der Waals surface area contributed by atoms with Crippen molar-refractivity contribution in [3.8, 4) is 17.2 Å². The summed E-state index contributed by atoms with van der Waals surface area (Å²) >= 11 is 3.60. The number of methoxy groups -OCH3 is 1. The lowest BCUT2D eigenvalue weighted by molar-refractivity contribution is 0.0477. The first-order valence-corrected chi connectivity index (χ1v) is 7.85. The Bertz CT molecular complexity index is 643. The van der Waals surface area contributed by atoms with E-state index in [1.165, 1.54) is 0 Å². The Morgan fingerprint density at radius 3 is 2.77 bits per heavy atom. The maximum Gasteiger partial charge on any atom is 0.188 e. The highest BCUT2D eigenvalue weighted by Gasteiger charge is 2.23. The second-order valence-electron chi connectivity index (χ2n) is 4.92. The molecule has 0 fully saturated rings. The van der Waals surface area contributed by atoms with E-state index in [1.807, 2.05) is 36.4 Å². The zero-order valence-corrected chi connectivity index (χ0v) is 13.9. The van der Waals surface area contributed by atoms with Gasteiger partial charge < -0.3 is 18.9 Å². The summed E-state index contributed by atoms with van der Waals surface area (Å²) in [5, 5.41) is 0. The molecule has 0 atom stereocenters. The summed E-state index contributed by atoms with van der Waals surface area (Å²) in [6.45, 7) is 1.31.